The van der Waals surface area contributed by atoms with Crippen molar-refractivity contribution in [1.82, 2.24) is 10.2 Å². The lowest BCUT2D eigenvalue weighted by molar-refractivity contribution is 0.127. The van der Waals surface area contributed by atoms with Crippen LogP contribution in [0, 0.1) is 11.3 Å². The SMILES string of the molecule is COc1ccc(NC(=O)N2CC3CNCC3(CO)C2)cc1Cl. The smallest absolute Gasteiger partial charge is 0.321 e. The second kappa shape index (κ2) is 5.95. The molecule has 7 heteroatoms. The zero-order valence-corrected chi connectivity index (χ0v) is 13.2. The maximum Gasteiger partial charge on any atom is 0.321 e. The van der Waals surface area contributed by atoms with Crippen LogP contribution in [0.25, 0.3) is 0 Å². The molecular weight excluding hydrogens is 306 g/mol. The van der Waals surface area contributed by atoms with Gasteiger partial charge < -0.3 is 25.4 Å². The van der Waals surface area contributed by atoms with Gasteiger partial charge in [-0.25, -0.2) is 4.79 Å². The second-order valence-corrected chi connectivity index (χ2v) is 6.42. The second-order valence-electron chi connectivity index (χ2n) is 6.01. The summed E-state index contributed by atoms with van der Waals surface area (Å²) in [6.07, 6.45) is 0. The lowest BCUT2D eigenvalue weighted by Crippen LogP contribution is -2.39. The summed E-state index contributed by atoms with van der Waals surface area (Å²) in [6, 6.07) is 4.97. The van der Waals surface area contributed by atoms with Crippen molar-refractivity contribution < 1.29 is 14.6 Å². The highest BCUT2D eigenvalue weighted by atomic mass is 35.5. The third-order valence-corrected chi connectivity index (χ3v) is 4.98. The number of amides is 2. The van der Waals surface area contributed by atoms with Crippen molar-refractivity contribution in [1.29, 1.82) is 0 Å². The van der Waals surface area contributed by atoms with Crippen LogP contribution in [0.3, 0.4) is 0 Å². The van der Waals surface area contributed by atoms with Crippen molar-refractivity contribution in [2.45, 2.75) is 0 Å². The number of aliphatic hydroxyl groups is 1. The fourth-order valence-corrected chi connectivity index (χ4v) is 3.60. The summed E-state index contributed by atoms with van der Waals surface area (Å²) in [5.41, 5.74) is 0.429. The lowest BCUT2D eigenvalue weighted by atomic mass is 9.82. The summed E-state index contributed by atoms with van der Waals surface area (Å²) in [5, 5.41) is 16.3. The molecule has 2 aliphatic heterocycles. The summed E-state index contributed by atoms with van der Waals surface area (Å²) in [7, 11) is 1.55. The van der Waals surface area contributed by atoms with E-state index in [0.717, 1.165) is 13.1 Å². The van der Waals surface area contributed by atoms with E-state index in [1.54, 1.807) is 30.2 Å². The number of aliphatic hydroxyl groups excluding tert-OH is 1. The van der Waals surface area contributed by atoms with Gasteiger partial charge >= 0.3 is 6.03 Å². The molecule has 0 bridgehead atoms. The topological polar surface area (TPSA) is 73.8 Å². The van der Waals surface area contributed by atoms with E-state index in [9.17, 15) is 9.90 Å². The molecule has 2 fully saturated rings. The van der Waals surface area contributed by atoms with Crippen LogP contribution >= 0.6 is 11.6 Å². The summed E-state index contributed by atoms with van der Waals surface area (Å²) in [6.45, 7) is 2.92. The molecule has 6 nitrogen and oxygen atoms in total. The van der Waals surface area contributed by atoms with Crippen molar-refractivity contribution >= 4 is 23.3 Å². The molecule has 2 heterocycles. The molecule has 0 radical (unpaired) electrons. The Morgan fingerprint density at radius 1 is 1.64 bits per heavy atom. The van der Waals surface area contributed by atoms with Gasteiger partial charge in [-0.15, -0.1) is 0 Å². The number of benzene rings is 1. The maximum absolute atomic E-state index is 12.4. The Hall–Kier alpha value is -1.50. The average Bonchev–Trinajstić information content (AvgIpc) is 3.04. The van der Waals surface area contributed by atoms with Gasteiger partial charge in [0.25, 0.3) is 0 Å². The molecule has 1 aromatic rings. The average molecular weight is 326 g/mol. The number of ether oxygens (including phenoxy) is 1. The molecule has 2 amide bonds. The first-order chi connectivity index (χ1) is 10.6. The van der Waals surface area contributed by atoms with Crippen LogP contribution in [0.4, 0.5) is 10.5 Å². The molecule has 22 heavy (non-hydrogen) atoms. The van der Waals surface area contributed by atoms with Gasteiger partial charge in [0.15, 0.2) is 0 Å². The van der Waals surface area contributed by atoms with Gasteiger partial charge in [0.05, 0.1) is 18.7 Å². The van der Waals surface area contributed by atoms with E-state index in [1.165, 1.54) is 0 Å². The number of urea groups is 1. The number of carbonyl (C=O) groups excluding carboxylic acids is 1. The Balaban J connectivity index is 1.67. The van der Waals surface area contributed by atoms with Gasteiger partial charge in [-0.05, 0) is 24.1 Å². The molecule has 2 atom stereocenters. The first kappa shape index (κ1) is 15.4. The Bertz CT molecular complexity index is 583. The van der Waals surface area contributed by atoms with E-state index in [4.69, 9.17) is 16.3 Å². The number of likely N-dealkylation sites (tertiary alicyclic amines) is 1. The summed E-state index contributed by atoms with van der Waals surface area (Å²) in [4.78, 5) is 14.2. The number of hydrogen-bond donors (Lipinski definition) is 3. The van der Waals surface area contributed by atoms with Gasteiger partial charge in [-0.3, -0.25) is 0 Å². The number of methoxy groups -OCH3 is 1. The molecule has 2 unspecified atom stereocenters. The largest absolute Gasteiger partial charge is 0.495 e. The zero-order valence-electron chi connectivity index (χ0n) is 12.4. The zero-order chi connectivity index (χ0) is 15.7. The van der Waals surface area contributed by atoms with Crippen LogP contribution < -0.4 is 15.4 Å². The summed E-state index contributed by atoms with van der Waals surface area (Å²) >= 11 is 6.06. The lowest BCUT2D eigenvalue weighted by Gasteiger charge is -2.25. The maximum atomic E-state index is 12.4. The highest BCUT2D eigenvalue weighted by Crippen LogP contribution is 2.38. The molecule has 2 saturated heterocycles. The van der Waals surface area contributed by atoms with Gasteiger partial charge in [0, 0.05) is 37.3 Å². The number of hydrogen-bond acceptors (Lipinski definition) is 4. The standard InChI is InChI=1S/C15H20ClN3O3/c1-22-13-3-2-11(4-12(13)16)18-14(21)19-6-10-5-17-7-15(10,8-19)9-20/h2-4,10,17,20H,5-9H2,1H3,(H,18,21). The van der Waals surface area contributed by atoms with Gasteiger partial charge in [-0.1, -0.05) is 11.6 Å². The van der Waals surface area contributed by atoms with Crippen LogP contribution in [0.15, 0.2) is 18.2 Å². The summed E-state index contributed by atoms with van der Waals surface area (Å²) < 4.78 is 5.09. The minimum absolute atomic E-state index is 0.100. The fraction of sp³-hybridized carbons (Fsp3) is 0.533. The predicted octanol–water partition coefficient (Wildman–Crippen LogP) is 1.39. The molecule has 1 aromatic carbocycles. The van der Waals surface area contributed by atoms with Gasteiger partial charge in [0.1, 0.15) is 5.75 Å². The molecule has 0 aliphatic carbocycles. The van der Waals surface area contributed by atoms with E-state index < -0.39 is 0 Å². The van der Waals surface area contributed by atoms with Crippen molar-refractivity contribution in [3.63, 3.8) is 0 Å². The van der Waals surface area contributed by atoms with E-state index in [0.29, 0.717) is 35.5 Å². The molecule has 0 saturated carbocycles. The van der Waals surface area contributed by atoms with Crippen molar-refractivity contribution in [2.24, 2.45) is 11.3 Å². The number of anilines is 1. The minimum atomic E-state index is -0.200. The molecule has 2 aliphatic rings. The van der Waals surface area contributed by atoms with E-state index in [-0.39, 0.29) is 18.1 Å². The summed E-state index contributed by atoms with van der Waals surface area (Å²) in [5.74, 6) is 0.878. The number of rotatable bonds is 3. The van der Waals surface area contributed by atoms with Crippen LogP contribution in [-0.4, -0.2) is 55.9 Å². The highest BCUT2D eigenvalue weighted by Gasteiger charge is 2.50. The normalized spacial score (nSPS) is 26.9. The predicted molar refractivity (Wildman–Crippen MR) is 84.5 cm³/mol. The van der Waals surface area contributed by atoms with Gasteiger partial charge in [-0.2, -0.15) is 0 Å². The van der Waals surface area contributed by atoms with Crippen molar-refractivity contribution in [3.05, 3.63) is 23.2 Å². The third kappa shape index (κ3) is 2.62. The highest BCUT2D eigenvalue weighted by molar-refractivity contribution is 6.32. The number of nitrogens with one attached hydrogen (secondary N) is 2. The van der Waals surface area contributed by atoms with Gasteiger partial charge in [0.2, 0.25) is 0 Å². The Kier molecular flexibility index (Phi) is 4.16. The first-order valence-electron chi connectivity index (χ1n) is 7.29. The molecule has 3 N–H and O–H groups in total. The van der Waals surface area contributed by atoms with E-state index in [2.05, 4.69) is 10.6 Å². The third-order valence-electron chi connectivity index (χ3n) is 4.69. The molecule has 3 rings (SSSR count). The number of carbonyl (C=O) groups is 1. The Morgan fingerprint density at radius 3 is 3.09 bits per heavy atom. The minimum Gasteiger partial charge on any atom is -0.495 e. The van der Waals surface area contributed by atoms with Crippen molar-refractivity contribution in [3.8, 4) is 5.75 Å². The van der Waals surface area contributed by atoms with Crippen LogP contribution in [0.2, 0.25) is 5.02 Å². The van der Waals surface area contributed by atoms with E-state index >= 15 is 0 Å². The Labute approximate surface area is 134 Å². The molecule has 120 valence electrons. The van der Waals surface area contributed by atoms with Crippen LogP contribution in [0.5, 0.6) is 5.75 Å². The number of nitrogens with zero attached hydrogens (tertiary/aromatic N) is 1. The monoisotopic (exact) mass is 325 g/mol. The Morgan fingerprint density at radius 2 is 2.45 bits per heavy atom. The van der Waals surface area contributed by atoms with Crippen molar-refractivity contribution in [2.75, 3.05) is 45.2 Å². The first-order valence-corrected chi connectivity index (χ1v) is 7.67. The fourth-order valence-electron chi connectivity index (χ4n) is 3.35. The quantitative estimate of drug-likeness (QED) is 0.785. The van der Waals surface area contributed by atoms with E-state index in [1.807, 2.05) is 0 Å². The molecule has 0 spiro atoms. The number of fused-ring (bicyclic) bond motifs is 1. The molecule has 0 aromatic heterocycles. The molecular formula is C15H20ClN3O3. The number of halogens is 1. The van der Waals surface area contributed by atoms with Crippen LogP contribution in [0.1, 0.15) is 0 Å². The van der Waals surface area contributed by atoms with Crippen LogP contribution in [-0.2, 0) is 0 Å².